The Labute approximate surface area is 109 Å². The Kier molecular flexibility index (Phi) is 5.34. The lowest BCUT2D eigenvalue weighted by atomic mass is 10.2. The van der Waals surface area contributed by atoms with E-state index < -0.39 is 0 Å². The molecule has 100 valence electrons. The van der Waals surface area contributed by atoms with Crippen LogP contribution in [0.3, 0.4) is 0 Å². The first-order valence-electron chi connectivity index (χ1n) is 6.86. The molecule has 1 aliphatic heterocycles. The number of hydrogen-bond acceptors (Lipinski definition) is 3. The van der Waals surface area contributed by atoms with Crippen LogP contribution in [0.25, 0.3) is 0 Å². The third kappa shape index (κ3) is 3.91. The van der Waals surface area contributed by atoms with Gasteiger partial charge in [0, 0.05) is 6.61 Å². The van der Waals surface area contributed by atoms with Gasteiger partial charge in [0.15, 0.2) is 17.6 Å². The molecular formula is C15H22O3. The van der Waals surface area contributed by atoms with E-state index in [1.165, 1.54) is 19.3 Å². The predicted octanol–water partition coefficient (Wildman–Crippen LogP) is 3.42. The van der Waals surface area contributed by atoms with Gasteiger partial charge in [-0.05, 0) is 18.6 Å². The summed E-state index contributed by atoms with van der Waals surface area (Å²) in [6, 6.07) is 7.77. The maximum Gasteiger partial charge on any atom is 0.161 e. The van der Waals surface area contributed by atoms with E-state index in [1.807, 2.05) is 24.3 Å². The van der Waals surface area contributed by atoms with E-state index in [4.69, 9.17) is 14.2 Å². The lowest BCUT2D eigenvalue weighted by molar-refractivity contribution is 0.00780. The average Bonchev–Trinajstić information content (AvgIpc) is 2.42. The molecule has 3 heteroatoms. The Morgan fingerprint density at radius 2 is 2.00 bits per heavy atom. The lowest BCUT2D eigenvalue weighted by Gasteiger charge is -2.26. The molecule has 0 N–H and O–H groups in total. The van der Waals surface area contributed by atoms with E-state index >= 15 is 0 Å². The van der Waals surface area contributed by atoms with Crippen LogP contribution < -0.4 is 9.47 Å². The smallest absolute Gasteiger partial charge is 0.161 e. The molecule has 0 radical (unpaired) electrons. The molecule has 1 heterocycles. The van der Waals surface area contributed by atoms with Crippen LogP contribution in [0.4, 0.5) is 0 Å². The molecule has 1 aromatic carbocycles. The second-order valence-corrected chi connectivity index (χ2v) is 4.63. The summed E-state index contributed by atoms with van der Waals surface area (Å²) in [6.45, 7) is 4.22. The molecule has 0 spiro atoms. The molecule has 0 aliphatic carbocycles. The van der Waals surface area contributed by atoms with Crippen molar-refractivity contribution in [3.05, 3.63) is 24.3 Å². The largest absolute Gasteiger partial charge is 0.486 e. The van der Waals surface area contributed by atoms with Crippen LogP contribution in [0.5, 0.6) is 11.5 Å². The van der Waals surface area contributed by atoms with E-state index in [0.717, 1.165) is 24.5 Å². The summed E-state index contributed by atoms with van der Waals surface area (Å²) in [6.07, 6.45) is 4.96. The zero-order valence-electron chi connectivity index (χ0n) is 11.1. The van der Waals surface area contributed by atoms with Crippen molar-refractivity contribution in [1.29, 1.82) is 0 Å². The summed E-state index contributed by atoms with van der Waals surface area (Å²) in [4.78, 5) is 0. The molecule has 0 amide bonds. The molecule has 0 aromatic heterocycles. The molecule has 0 bridgehead atoms. The third-order valence-electron chi connectivity index (χ3n) is 3.01. The molecule has 1 atom stereocenters. The van der Waals surface area contributed by atoms with Crippen LogP contribution in [-0.4, -0.2) is 25.9 Å². The van der Waals surface area contributed by atoms with E-state index in [0.29, 0.717) is 13.2 Å². The standard InChI is InChI=1S/C15H22O3/c1-2-3-4-7-10-16-11-13-12-17-14-8-5-6-9-15(14)18-13/h5-6,8-9,13H,2-4,7,10-12H2,1H3. The second-order valence-electron chi connectivity index (χ2n) is 4.63. The molecule has 0 saturated carbocycles. The van der Waals surface area contributed by atoms with Crippen molar-refractivity contribution in [2.75, 3.05) is 19.8 Å². The fourth-order valence-corrected chi connectivity index (χ4v) is 1.99. The summed E-state index contributed by atoms with van der Waals surface area (Å²) in [5.41, 5.74) is 0. The minimum Gasteiger partial charge on any atom is -0.486 e. The number of para-hydroxylation sites is 2. The molecule has 18 heavy (non-hydrogen) atoms. The predicted molar refractivity (Wildman–Crippen MR) is 71.3 cm³/mol. The summed E-state index contributed by atoms with van der Waals surface area (Å²) >= 11 is 0. The number of ether oxygens (including phenoxy) is 3. The third-order valence-corrected chi connectivity index (χ3v) is 3.01. The molecular weight excluding hydrogens is 228 g/mol. The molecule has 1 unspecified atom stereocenters. The molecule has 2 rings (SSSR count). The highest BCUT2D eigenvalue weighted by Crippen LogP contribution is 2.30. The highest BCUT2D eigenvalue weighted by molar-refractivity contribution is 5.40. The first kappa shape index (κ1) is 13.2. The van der Waals surface area contributed by atoms with Crippen molar-refractivity contribution in [1.82, 2.24) is 0 Å². The minimum atomic E-state index is 0.0195. The zero-order valence-corrected chi connectivity index (χ0v) is 11.1. The first-order chi connectivity index (χ1) is 8.90. The van der Waals surface area contributed by atoms with Crippen LogP contribution in [-0.2, 0) is 4.74 Å². The fourth-order valence-electron chi connectivity index (χ4n) is 1.99. The number of hydrogen-bond donors (Lipinski definition) is 0. The van der Waals surface area contributed by atoms with E-state index in [9.17, 15) is 0 Å². The van der Waals surface area contributed by atoms with Gasteiger partial charge in [-0.2, -0.15) is 0 Å². The lowest BCUT2D eigenvalue weighted by Crippen LogP contribution is -2.33. The molecule has 1 aliphatic rings. The van der Waals surface area contributed by atoms with Crippen LogP contribution in [0, 0.1) is 0 Å². The summed E-state index contributed by atoms with van der Waals surface area (Å²) < 4.78 is 17.1. The fraction of sp³-hybridized carbons (Fsp3) is 0.600. The van der Waals surface area contributed by atoms with E-state index in [-0.39, 0.29) is 6.10 Å². The minimum absolute atomic E-state index is 0.0195. The molecule has 3 nitrogen and oxygen atoms in total. The number of rotatable bonds is 7. The van der Waals surface area contributed by atoms with Crippen LogP contribution in [0.1, 0.15) is 32.6 Å². The summed E-state index contributed by atoms with van der Waals surface area (Å²) in [7, 11) is 0. The SMILES string of the molecule is CCCCCCOCC1COc2ccccc2O1. The Hall–Kier alpha value is -1.22. The van der Waals surface area contributed by atoms with Crippen molar-refractivity contribution in [3.8, 4) is 11.5 Å². The van der Waals surface area contributed by atoms with Gasteiger partial charge in [-0.3, -0.25) is 0 Å². The molecule has 0 fully saturated rings. The van der Waals surface area contributed by atoms with Crippen LogP contribution >= 0.6 is 0 Å². The topological polar surface area (TPSA) is 27.7 Å². The van der Waals surface area contributed by atoms with Crippen LogP contribution in [0.2, 0.25) is 0 Å². The van der Waals surface area contributed by atoms with E-state index in [2.05, 4.69) is 6.92 Å². The number of benzene rings is 1. The monoisotopic (exact) mass is 250 g/mol. The van der Waals surface area contributed by atoms with Gasteiger partial charge in [-0.25, -0.2) is 0 Å². The van der Waals surface area contributed by atoms with Gasteiger partial charge in [0.1, 0.15) is 6.61 Å². The van der Waals surface area contributed by atoms with Crippen molar-refractivity contribution in [3.63, 3.8) is 0 Å². The van der Waals surface area contributed by atoms with Crippen molar-refractivity contribution < 1.29 is 14.2 Å². The van der Waals surface area contributed by atoms with E-state index in [1.54, 1.807) is 0 Å². The highest BCUT2D eigenvalue weighted by atomic mass is 16.6. The Morgan fingerprint density at radius 3 is 2.83 bits per heavy atom. The van der Waals surface area contributed by atoms with Gasteiger partial charge < -0.3 is 14.2 Å². The van der Waals surface area contributed by atoms with Crippen molar-refractivity contribution in [2.24, 2.45) is 0 Å². The number of fused-ring (bicyclic) bond motifs is 1. The second kappa shape index (κ2) is 7.27. The van der Waals surface area contributed by atoms with Gasteiger partial charge in [-0.15, -0.1) is 0 Å². The van der Waals surface area contributed by atoms with Gasteiger partial charge in [0.2, 0.25) is 0 Å². The highest BCUT2D eigenvalue weighted by Gasteiger charge is 2.20. The van der Waals surface area contributed by atoms with Gasteiger partial charge >= 0.3 is 0 Å². The Bertz CT molecular complexity index is 351. The Balaban J connectivity index is 1.64. The van der Waals surface area contributed by atoms with Crippen LogP contribution in [0.15, 0.2) is 24.3 Å². The van der Waals surface area contributed by atoms with Crippen molar-refractivity contribution in [2.45, 2.75) is 38.7 Å². The van der Waals surface area contributed by atoms with Gasteiger partial charge in [0.05, 0.1) is 6.61 Å². The molecule has 0 saturated heterocycles. The van der Waals surface area contributed by atoms with Gasteiger partial charge in [0.25, 0.3) is 0 Å². The van der Waals surface area contributed by atoms with Gasteiger partial charge in [-0.1, -0.05) is 38.3 Å². The normalized spacial score (nSPS) is 17.7. The zero-order chi connectivity index (χ0) is 12.6. The summed E-state index contributed by atoms with van der Waals surface area (Å²) in [5, 5.41) is 0. The quantitative estimate of drug-likeness (QED) is 0.694. The maximum absolute atomic E-state index is 5.81. The molecule has 1 aromatic rings. The van der Waals surface area contributed by atoms with Crippen molar-refractivity contribution >= 4 is 0 Å². The Morgan fingerprint density at radius 1 is 1.17 bits per heavy atom. The maximum atomic E-state index is 5.81. The summed E-state index contributed by atoms with van der Waals surface area (Å²) in [5.74, 6) is 1.65. The first-order valence-corrected chi connectivity index (χ1v) is 6.86. The average molecular weight is 250 g/mol. The number of unbranched alkanes of at least 4 members (excludes halogenated alkanes) is 3.